The molecule has 0 saturated heterocycles. The number of benzene rings is 2. The summed E-state index contributed by atoms with van der Waals surface area (Å²) in [6.07, 6.45) is 1.75. The number of rotatable bonds is 6. The monoisotopic (exact) mass is 270 g/mol. The zero-order valence-corrected chi connectivity index (χ0v) is 11.9. The lowest BCUT2D eigenvalue weighted by Crippen LogP contribution is -2.15. The first-order valence-electron chi connectivity index (χ1n) is 7.02. The van der Waals surface area contributed by atoms with Gasteiger partial charge in [0, 0.05) is 11.7 Å². The van der Waals surface area contributed by atoms with E-state index in [1.165, 1.54) is 5.56 Å². The summed E-state index contributed by atoms with van der Waals surface area (Å²) in [6.45, 7) is 2.79. The molecule has 0 amide bonds. The van der Waals surface area contributed by atoms with Gasteiger partial charge < -0.3 is 16.2 Å². The van der Waals surface area contributed by atoms with E-state index < -0.39 is 0 Å². The first kappa shape index (κ1) is 14.4. The Balaban J connectivity index is 2.13. The average Bonchev–Trinajstić information content (AvgIpc) is 2.47. The highest BCUT2D eigenvalue weighted by Crippen LogP contribution is 2.26. The van der Waals surface area contributed by atoms with Crippen LogP contribution in [0, 0.1) is 0 Å². The van der Waals surface area contributed by atoms with Crippen molar-refractivity contribution in [1.82, 2.24) is 0 Å². The van der Waals surface area contributed by atoms with E-state index in [4.69, 9.17) is 16.2 Å². The molecule has 0 saturated carbocycles. The Morgan fingerprint density at radius 3 is 2.55 bits per heavy atom. The summed E-state index contributed by atoms with van der Waals surface area (Å²) in [5, 5.41) is 0. The third-order valence-electron chi connectivity index (χ3n) is 3.23. The Kier molecular flexibility index (Phi) is 5.02. The molecule has 3 heteroatoms. The Morgan fingerprint density at radius 2 is 1.85 bits per heavy atom. The maximum atomic E-state index is 6.29. The van der Waals surface area contributed by atoms with E-state index in [1.54, 1.807) is 0 Å². The molecular weight excluding hydrogens is 248 g/mol. The number of hydrogen-bond donors (Lipinski definition) is 2. The minimum Gasteiger partial charge on any atom is -0.494 e. The standard InChI is InChI=1S/C17H22N2O/c1-2-10-20-14-8-9-16(18)15(12-14)17(19)11-13-6-4-3-5-7-13/h3-9,12,17H,2,10-11,18-19H2,1H3. The molecule has 0 aliphatic carbocycles. The van der Waals surface area contributed by atoms with Gasteiger partial charge in [0.05, 0.1) is 6.61 Å². The molecule has 0 bridgehead atoms. The fourth-order valence-corrected chi connectivity index (χ4v) is 2.16. The highest BCUT2D eigenvalue weighted by Gasteiger charge is 2.11. The number of hydrogen-bond acceptors (Lipinski definition) is 3. The quantitative estimate of drug-likeness (QED) is 0.792. The molecule has 4 N–H and O–H groups in total. The molecule has 0 aliphatic rings. The van der Waals surface area contributed by atoms with E-state index in [0.717, 1.165) is 29.8 Å². The van der Waals surface area contributed by atoms with Gasteiger partial charge in [0.25, 0.3) is 0 Å². The first-order chi connectivity index (χ1) is 9.70. The summed E-state index contributed by atoms with van der Waals surface area (Å²) in [5.74, 6) is 0.833. The van der Waals surface area contributed by atoms with Gasteiger partial charge in [0.2, 0.25) is 0 Å². The van der Waals surface area contributed by atoms with Crippen LogP contribution in [0.3, 0.4) is 0 Å². The molecule has 2 aromatic carbocycles. The van der Waals surface area contributed by atoms with Gasteiger partial charge in [0.15, 0.2) is 0 Å². The van der Waals surface area contributed by atoms with Crippen LogP contribution >= 0.6 is 0 Å². The van der Waals surface area contributed by atoms with Crippen molar-refractivity contribution in [3.8, 4) is 5.75 Å². The van der Waals surface area contributed by atoms with Crippen molar-refractivity contribution in [2.24, 2.45) is 5.73 Å². The van der Waals surface area contributed by atoms with E-state index in [-0.39, 0.29) is 6.04 Å². The number of nitrogens with two attached hydrogens (primary N) is 2. The predicted molar refractivity (Wildman–Crippen MR) is 83.7 cm³/mol. The van der Waals surface area contributed by atoms with Gasteiger partial charge in [-0.3, -0.25) is 0 Å². The zero-order valence-electron chi connectivity index (χ0n) is 11.9. The zero-order chi connectivity index (χ0) is 14.4. The Labute approximate surface area is 120 Å². The van der Waals surface area contributed by atoms with Gasteiger partial charge in [-0.25, -0.2) is 0 Å². The lowest BCUT2D eigenvalue weighted by atomic mass is 9.98. The van der Waals surface area contributed by atoms with Crippen LogP contribution in [-0.2, 0) is 6.42 Å². The summed E-state index contributed by atoms with van der Waals surface area (Å²) >= 11 is 0. The predicted octanol–water partition coefficient (Wildman–Crippen LogP) is 3.30. The third kappa shape index (κ3) is 3.75. The molecule has 0 aromatic heterocycles. The van der Waals surface area contributed by atoms with Crippen molar-refractivity contribution >= 4 is 5.69 Å². The summed E-state index contributed by atoms with van der Waals surface area (Å²) in [5.41, 5.74) is 15.2. The van der Waals surface area contributed by atoms with Crippen LogP contribution in [0.2, 0.25) is 0 Å². The molecule has 0 aliphatic heterocycles. The van der Waals surface area contributed by atoms with Crippen molar-refractivity contribution in [3.05, 3.63) is 59.7 Å². The van der Waals surface area contributed by atoms with Crippen molar-refractivity contribution in [1.29, 1.82) is 0 Å². The van der Waals surface area contributed by atoms with Crippen molar-refractivity contribution < 1.29 is 4.74 Å². The van der Waals surface area contributed by atoms with E-state index >= 15 is 0 Å². The van der Waals surface area contributed by atoms with Crippen molar-refractivity contribution in [2.75, 3.05) is 12.3 Å². The molecule has 0 radical (unpaired) electrons. The summed E-state index contributed by atoms with van der Waals surface area (Å²) in [6, 6.07) is 15.8. The first-order valence-corrected chi connectivity index (χ1v) is 7.02. The van der Waals surface area contributed by atoms with Crippen LogP contribution in [0.5, 0.6) is 5.75 Å². The van der Waals surface area contributed by atoms with Gasteiger partial charge in [0.1, 0.15) is 5.75 Å². The van der Waals surface area contributed by atoms with E-state index in [0.29, 0.717) is 6.61 Å². The second kappa shape index (κ2) is 6.96. The number of ether oxygens (including phenoxy) is 1. The molecule has 1 atom stereocenters. The normalized spacial score (nSPS) is 12.1. The number of anilines is 1. The lowest BCUT2D eigenvalue weighted by Gasteiger charge is -2.16. The second-order valence-corrected chi connectivity index (χ2v) is 4.94. The highest BCUT2D eigenvalue weighted by atomic mass is 16.5. The highest BCUT2D eigenvalue weighted by molar-refractivity contribution is 5.52. The van der Waals surface area contributed by atoms with Crippen LogP contribution in [-0.4, -0.2) is 6.61 Å². The van der Waals surface area contributed by atoms with Crippen molar-refractivity contribution in [3.63, 3.8) is 0 Å². The molecule has 2 rings (SSSR count). The van der Waals surface area contributed by atoms with Crippen LogP contribution in [0.15, 0.2) is 48.5 Å². The molecule has 3 nitrogen and oxygen atoms in total. The van der Waals surface area contributed by atoms with Gasteiger partial charge in [-0.2, -0.15) is 0 Å². The van der Waals surface area contributed by atoms with E-state index in [2.05, 4.69) is 19.1 Å². The molecule has 0 fully saturated rings. The number of nitrogen functional groups attached to an aromatic ring is 1. The summed E-state index contributed by atoms with van der Waals surface area (Å²) < 4.78 is 5.64. The van der Waals surface area contributed by atoms with Crippen LogP contribution in [0.4, 0.5) is 5.69 Å². The second-order valence-electron chi connectivity index (χ2n) is 4.94. The lowest BCUT2D eigenvalue weighted by molar-refractivity contribution is 0.317. The maximum absolute atomic E-state index is 6.29. The third-order valence-corrected chi connectivity index (χ3v) is 3.23. The molecular formula is C17H22N2O. The minimum absolute atomic E-state index is 0.123. The fourth-order valence-electron chi connectivity index (χ4n) is 2.16. The van der Waals surface area contributed by atoms with Gasteiger partial charge >= 0.3 is 0 Å². The molecule has 106 valence electrons. The summed E-state index contributed by atoms with van der Waals surface area (Å²) in [4.78, 5) is 0. The topological polar surface area (TPSA) is 61.3 Å². The fraction of sp³-hybridized carbons (Fsp3) is 0.294. The van der Waals surface area contributed by atoms with Crippen LogP contribution in [0.25, 0.3) is 0 Å². The Hall–Kier alpha value is -2.00. The maximum Gasteiger partial charge on any atom is 0.119 e. The Bertz CT molecular complexity index is 540. The molecule has 2 aromatic rings. The van der Waals surface area contributed by atoms with E-state index in [9.17, 15) is 0 Å². The molecule has 20 heavy (non-hydrogen) atoms. The summed E-state index contributed by atoms with van der Waals surface area (Å²) in [7, 11) is 0. The van der Waals surface area contributed by atoms with Gasteiger partial charge in [-0.15, -0.1) is 0 Å². The smallest absolute Gasteiger partial charge is 0.119 e. The molecule has 0 spiro atoms. The van der Waals surface area contributed by atoms with Crippen LogP contribution < -0.4 is 16.2 Å². The van der Waals surface area contributed by atoms with Gasteiger partial charge in [-0.05, 0) is 42.2 Å². The van der Waals surface area contributed by atoms with Crippen LogP contribution in [0.1, 0.15) is 30.5 Å². The molecule has 1 unspecified atom stereocenters. The average molecular weight is 270 g/mol. The van der Waals surface area contributed by atoms with E-state index in [1.807, 2.05) is 36.4 Å². The van der Waals surface area contributed by atoms with Gasteiger partial charge in [-0.1, -0.05) is 37.3 Å². The SMILES string of the molecule is CCCOc1ccc(N)c(C(N)Cc2ccccc2)c1. The molecule has 0 heterocycles. The van der Waals surface area contributed by atoms with Crippen molar-refractivity contribution in [2.45, 2.75) is 25.8 Å². The minimum atomic E-state index is -0.123. The largest absolute Gasteiger partial charge is 0.494 e. The Morgan fingerprint density at radius 1 is 1.10 bits per heavy atom.